The number of carbonyl (C=O) groups is 1. The van der Waals surface area contributed by atoms with Crippen molar-refractivity contribution in [2.24, 2.45) is 0 Å². The highest BCUT2D eigenvalue weighted by Crippen LogP contribution is 2.40. The fourth-order valence-corrected chi connectivity index (χ4v) is 5.65. The van der Waals surface area contributed by atoms with Crippen LogP contribution < -0.4 is 10.2 Å². The minimum atomic E-state index is -1.03. The largest absolute Gasteiger partial charge is 0.478 e. The molecule has 2 aliphatic rings. The SMILES string of the molecule is Cl.O=C(O)c1cc(-c2c(F)sc3cc(Cl)ccc23)ccc1N1CCO[C@H](CNC2CCC2)C1. The first-order chi connectivity index (χ1) is 15.5. The Labute approximate surface area is 206 Å². The van der Waals surface area contributed by atoms with Crippen molar-refractivity contribution in [3.8, 4) is 11.1 Å². The lowest BCUT2D eigenvalue weighted by Crippen LogP contribution is -2.49. The smallest absolute Gasteiger partial charge is 0.337 e. The Hall–Kier alpha value is -1.90. The predicted octanol–water partition coefficient (Wildman–Crippen LogP) is 5.83. The Bertz CT molecular complexity index is 1170. The average Bonchev–Trinajstić information content (AvgIpc) is 3.07. The van der Waals surface area contributed by atoms with E-state index in [1.165, 1.54) is 19.3 Å². The van der Waals surface area contributed by atoms with Gasteiger partial charge in [0.05, 0.1) is 24.0 Å². The lowest BCUT2D eigenvalue weighted by atomic mass is 9.93. The number of morpholine rings is 1. The van der Waals surface area contributed by atoms with Gasteiger partial charge in [0.25, 0.3) is 0 Å². The van der Waals surface area contributed by atoms with Gasteiger partial charge in [0, 0.05) is 46.3 Å². The lowest BCUT2D eigenvalue weighted by Gasteiger charge is -2.37. The summed E-state index contributed by atoms with van der Waals surface area (Å²) >= 11 is 7.07. The minimum absolute atomic E-state index is 0. The summed E-state index contributed by atoms with van der Waals surface area (Å²) in [4.78, 5) is 14.2. The van der Waals surface area contributed by atoms with Gasteiger partial charge in [-0.05, 0) is 42.7 Å². The van der Waals surface area contributed by atoms with Crippen molar-refractivity contribution >= 4 is 57.1 Å². The summed E-state index contributed by atoms with van der Waals surface area (Å²) in [5.74, 6) is -1.03. The van der Waals surface area contributed by atoms with Crippen LogP contribution >= 0.6 is 35.3 Å². The number of thiophene rings is 1. The van der Waals surface area contributed by atoms with Crippen LogP contribution in [0.3, 0.4) is 0 Å². The number of halogens is 3. The van der Waals surface area contributed by atoms with Crippen LogP contribution in [0.1, 0.15) is 29.6 Å². The third-order valence-electron chi connectivity index (χ3n) is 6.34. The number of anilines is 1. The molecular weight excluding hydrogens is 486 g/mol. The Morgan fingerprint density at radius 3 is 2.82 bits per heavy atom. The molecule has 33 heavy (non-hydrogen) atoms. The van der Waals surface area contributed by atoms with Crippen LogP contribution in [-0.2, 0) is 4.74 Å². The lowest BCUT2D eigenvalue weighted by molar-refractivity contribution is 0.0370. The molecule has 2 N–H and O–H groups in total. The number of aromatic carboxylic acids is 1. The number of hydrogen-bond acceptors (Lipinski definition) is 5. The van der Waals surface area contributed by atoms with Crippen LogP contribution in [-0.4, -0.2) is 49.5 Å². The Morgan fingerprint density at radius 2 is 2.09 bits per heavy atom. The second-order valence-corrected chi connectivity index (χ2v) is 9.84. The Morgan fingerprint density at radius 1 is 1.27 bits per heavy atom. The summed E-state index contributed by atoms with van der Waals surface area (Å²) in [5, 5.41) is 14.4. The van der Waals surface area contributed by atoms with E-state index < -0.39 is 5.97 Å². The summed E-state index contributed by atoms with van der Waals surface area (Å²) in [7, 11) is 0. The second kappa shape index (κ2) is 10.2. The molecule has 3 aromatic rings. The zero-order chi connectivity index (χ0) is 22.2. The molecule has 5 rings (SSSR count). The summed E-state index contributed by atoms with van der Waals surface area (Å²) < 4.78 is 21.5. The van der Waals surface area contributed by atoms with E-state index >= 15 is 0 Å². The van der Waals surface area contributed by atoms with Gasteiger partial charge in [-0.2, -0.15) is 4.39 Å². The topological polar surface area (TPSA) is 61.8 Å². The molecule has 1 aliphatic heterocycles. The molecule has 0 spiro atoms. The van der Waals surface area contributed by atoms with Gasteiger partial charge in [-0.15, -0.1) is 23.7 Å². The first kappa shape index (κ1) is 24.2. The summed E-state index contributed by atoms with van der Waals surface area (Å²) in [5.41, 5.74) is 1.78. The molecular formula is C24H25Cl2FN2O3S. The number of rotatable bonds is 6. The van der Waals surface area contributed by atoms with Crippen molar-refractivity contribution in [1.29, 1.82) is 0 Å². The first-order valence-electron chi connectivity index (χ1n) is 10.8. The third-order valence-corrected chi connectivity index (χ3v) is 7.52. The van der Waals surface area contributed by atoms with Gasteiger partial charge in [0.15, 0.2) is 5.13 Å². The van der Waals surface area contributed by atoms with Crippen LogP contribution in [0, 0.1) is 5.13 Å². The monoisotopic (exact) mass is 510 g/mol. The first-order valence-corrected chi connectivity index (χ1v) is 12.0. The molecule has 5 nitrogen and oxygen atoms in total. The van der Waals surface area contributed by atoms with Gasteiger partial charge in [-0.1, -0.05) is 30.2 Å². The molecule has 9 heteroatoms. The van der Waals surface area contributed by atoms with E-state index in [4.69, 9.17) is 16.3 Å². The molecule has 2 fully saturated rings. The van der Waals surface area contributed by atoms with Crippen LogP contribution in [0.5, 0.6) is 0 Å². The molecule has 0 radical (unpaired) electrons. The molecule has 0 amide bonds. The number of fused-ring (bicyclic) bond motifs is 1. The number of carboxylic acids is 1. The average molecular weight is 511 g/mol. The highest BCUT2D eigenvalue weighted by atomic mass is 35.5. The van der Waals surface area contributed by atoms with Crippen molar-refractivity contribution in [3.63, 3.8) is 0 Å². The minimum Gasteiger partial charge on any atom is -0.478 e. The molecule has 2 heterocycles. The highest BCUT2D eigenvalue weighted by Gasteiger charge is 2.26. The van der Waals surface area contributed by atoms with Gasteiger partial charge in [0.2, 0.25) is 0 Å². The van der Waals surface area contributed by atoms with E-state index in [1.54, 1.807) is 36.4 Å². The molecule has 2 aromatic carbocycles. The number of hydrogen-bond donors (Lipinski definition) is 2. The fourth-order valence-electron chi connectivity index (χ4n) is 4.42. The van der Waals surface area contributed by atoms with Gasteiger partial charge in [0.1, 0.15) is 0 Å². The highest BCUT2D eigenvalue weighted by molar-refractivity contribution is 7.18. The van der Waals surface area contributed by atoms with Crippen molar-refractivity contribution in [2.45, 2.75) is 31.4 Å². The van der Waals surface area contributed by atoms with Crippen LogP contribution in [0.4, 0.5) is 10.1 Å². The number of benzene rings is 2. The van der Waals surface area contributed by atoms with E-state index in [2.05, 4.69) is 10.2 Å². The van der Waals surface area contributed by atoms with Gasteiger partial charge >= 0.3 is 5.97 Å². The third kappa shape index (κ3) is 4.98. The van der Waals surface area contributed by atoms with E-state index in [0.717, 1.165) is 28.0 Å². The molecule has 0 unspecified atom stereocenters. The number of nitrogens with one attached hydrogen (secondary N) is 1. The standard InChI is InChI=1S/C24H24ClFN2O3S.ClH/c25-15-5-6-18-21(11-15)32-23(26)22(18)14-4-7-20(19(10-14)24(29)30)28-8-9-31-17(13-28)12-27-16-2-1-3-16;/h4-7,10-11,16-17,27H,1-3,8-9,12-13H2,(H,29,30);1H/t17-;/m1./s1. The maximum absolute atomic E-state index is 14.8. The Balaban J connectivity index is 0.00000259. The van der Waals surface area contributed by atoms with Gasteiger partial charge < -0.3 is 20.1 Å². The van der Waals surface area contributed by atoms with E-state index in [-0.39, 0.29) is 29.2 Å². The summed E-state index contributed by atoms with van der Waals surface area (Å²) in [6, 6.07) is 11.0. The second-order valence-electron chi connectivity index (χ2n) is 8.40. The molecule has 1 aromatic heterocycles. The van der Waals surface area contributed by atoms with Crippen molar-refractivity contribution in [1.82, 2.24) is 5.32 Å². The number of ether oxygens (including phenoxy) is 1. The summed E-state index contributed by atoms with van der Waals surface area (Å²) in [6.07, 6.45) is 3.70. The maximum atomic E-state index is 14.8. The summed E-state index contributed by atoms with van der Waals surface area (Å²) in [6.45, 7) is 2.54. The fraction of sp³-hybridized carbons (Fsp3) is 0.375. The van der Waals surface area contributed by atoms with Gasteiger partial charge in [-0.25, -0.2) is 4.79 Å². The Kier molecular flexibility index (Phi) is 7.46. The molecule has 0 bridgehead atoms. The normalized spacial score (nSPS) is 18.7. The molecule has 1 aliphatic carbocycles. The molecule has 1 saturated carbocycles. The van der Waals surface area contributed by atoms with Gasteiger partial charge in [-0.3, -0.25) is 0 Å². The van der Waals surface area contributed by atoms with E-state index in [0.29, 0.717) is 47.6 Å². The molecule has 1 saturated heterocycles. The zero-order valence-electron chi connectivity index (χ0n) is 17.9. The van der Waals surface area contributed by atoms with E-state index in [1.807, 2.05) is 0 Å². The predicted molar refractivity (Wildman–Crippen MR) is 134 cm³/mol. The maximum Gasteiger partial charge on any atom is 0.337 e. The molecule has 176 valence electrons. The quantitative estimate of drug-likeness (QED) is 0.436. The van der Waals surface area contributed by atoms with Crippen molar-refractivity contribution in [3.05, 3.63) is 52.1 Å². The van der Waals surface area contributed by atoms with Crippen molar-refractivity contribution in [2.75, 3.05) is 31.1 Å². The van der Waals surface area contributed by atoms with Crippen molar-refractivity contribution < 1.29 is 19.0 Å². The van der Waals surface area contributed by atoms with Crippen LogP contribution in [0.2, 0.25) is 5.02 Å². The van der Waals surface area contributed by atoms with Crippen LogP contribution in [0.15, 0.2) is 36.4 Å². The van der Waals surface area contributed by atoms with E-state index in [9.17, 15) is 14.3 Å². The zero-order valence-corrected chi connectivity index (χ0v) is 20.2. The van der Waals surface area contributed by atoms with Crippen LogP contribution in [0.25, 0.3) is 21.2 Å². The number of nitrogens with zero attached hydrogens (tertiary/aromatic N) is 1. The molecule has 1 atom stereocenters. The number of carboxylic acid groups (broad SMARTS) is 1.